The highest BCUT2D eigenvalue weighted by molar-refractivity contribution is 5.65. The number of nitrogen functional groups attached to an aromatic ring is 1. The first kappa shape index (κ1) is 26.8. The van der Waals surface area contributed by atoms with Crippen LogP contribution in [0.2, 0.25) is 0 Å². The lowest BCUT2D eigenvalue weighted by atomic mass is 9.78. The number of rotatable bonds is 3. The van der Waals surface area contributed by atoms with Crippen LogP contribution in [0.25, 0.3) is 22.5 Å². The molecule has 0 fully saturated rings. The van der Waals surface area contributed by atoms with E-state index in [0.717, 1.165) is 35.7 Å². The Bertz CT molecular complexity index is 1470. The van der Waals surface area contributed by atoms with Crippen LogP contribution in [0.5, 0.6) is 0 Å². The van der Waals surface area contributed by atoms with Crippen molar-refractivity contribution >= 4 is 5.82 Å². The lowest BCUT2D eigenvalue weighted by Crippen LogP contribution is -2.18. The molecule has 3 aromatic heterocycles. The number of nitrogens with two attached hydrogens (primary N) is 1. The fourth-order valence-corrected chi connectivity index (χ4v) is 4.45. The highest BCUT2D eigenvalue weighted by atomic mass is 19.1. The van der Waals surface area contributed by atoms with Crippen molar-refractivity contribution in [2.75, 3.05) is 5.73 Å². The summed E-state index contributed by atoms with van der Waals surface area (Å²) >= 11 is 0. The van der Waals surface area contributed by atoms with Crippen molar-refractivity contribution in [2.45, 2.75) is 52.4 Å². The Balaban J connectivity index is 0.000000786. The predicted molar refractivity (Wildman–Crippen MR) is 144 cm³/mol. The van der Waals surface area contributed by atoms with E-state index in [-0.39, 0.29) is 28.9 Å². The topological polar surface area (TPSA) is 101 Å². The molecule has 0 amide bonds. The van der Waals surface area contributed by atoms with Crippen LogP contribution in [0.15, 0.2) is 54.7 Å². The van der Waals surface area contributed by atoms with E-state index in [2.05, 4.69) is 42.9 Å². The third kappa shape index (κ3) is 5.67. The summed E-state index contributed by atoms with van der Waals surface area (Å²) < 4.78 is 28.7. The van der Waals surface area contributed by atoms with E-state index in [1.807, 2.05) is 24.3 Å². The average molecular weight is 513 g/mol. The SMILES string of the molecule is CC(C)C.CC1CCC(c2cccc(-c3cnc(N)c(C#N)c3)n2)c2nnc(-c3c(F)cccc3F)cc21. The Hall–Kier alpha value is -4.25. The van der Waals surface area contributed by atoms with Gasteiger partial charge in [-0.2, -0.15) is 10.4 Å². The summed E-state index contributed by atoms with van der Waals surface area (Å²) in [6.07, 6.45) is 3.28. The summed E-state index contributed by atoms with van der Waals surface area (Å²) in [5, 5.41) is 17.9. The van der Waals surface area contributed by atoms with Gasteiger partial charge in [-0.25, -0.2) is 13.8 Å². The molecule has 0 radical (unpaired) electrons. The molecule has 38 heavy (non-hydrogen) atoms. The van der Waals surface area contributed by atoms with Gasteiger partial charge in [-0.3, -0.25) is 4.98 Å². The molecule has 0 saturated heterocycles. The van der Waals surface area contributed by atoms with Gasteiger partial charge in [0, 0.05) is 17.7 Å². The van der Waals surface area contributed by atoms with Gasteiger partial charge in [-0.05, 0) is 66.6 Å². The monoisotopic (exact) mass is 512 g/mol. The average Bonchev–Trinajstić information content (AvgIpc) is 2.89. The van der Waals surface area contributed by atoms with Gasteiger partial charge >= 0.3 is 0 Å². The molecule has 0 aliphatic heterocycles. The summed E-state index contributed by atoms with van der Waals surface area (Å²) in [4.78, 5) is 8.93. The minimum Gasteiger partial charge on any atom is -0.383 e. The molecule has 2 atom stereocenters. The molecular formula is C30H30F2N6. The van der Waals surface area contributed by atoms with Crippen molar-refractivity contribution in [1.29, 1.82) is 5.26 Å². The van der Waals surface area contributed by atoms with E-state index in [0.29, 0.717) is 16.8 Å². The molecule has 3 heterocycles. The molecule has 2 N–H and O–H groups in total. The number of hydrogen-bond acceptors (Lipinski definition) is 6. The van der Waals surface area contributed by atoms with Gasteiger partial charge in [0.05, 0.1) is 33.9 Å². The second kappa shape index (κ2) is 11.4. The third-order valence-corrected chi connectivity index (χ3v) is 6.28. The van der Waals surface area contributed by atoms with Crippen LogP contribution in [0.4, 0.5) is 14.6 Å². The van der Waals surface area contributed by atoms with E-state index in [1.165, 1.54) is 18.2 Å². The highest BCUT2D eigenvalue weighted by Gasteiger charge is 2.30. The lowest BCUT2D eigenvalue weighted by molar-refractivity contribution is 0.519. The van der Waals surface area contributed by atoms with Crippen LogP contribution in [0, 0.1) is 28.9 Å². The number of nitrogens with zero attached hydrogens (tertiary/aromatic N) is 5. The summed E-state index contributed by atoms with van der Waals surface area (Å²) in [7, 11) is 0. The number of hydrogen-bond donors (Lipinski definition) is 1. The zero-order chi connectivity index (χ0) is 27.4. The van der Waals surface area contributed by atoms with Crippen molar-refractivity contribution < 1.29 is 8.78 Å². The minimum atomic E-state index is -0.669. The number of fused-ring (bicyclic) bond motifs is 1. The van der Waals surface area contributed by atoms with E-state index < -0.39 is 11.6 Å². The first-order valence-corrected chi connectivity index (χ1v) is 12.6. The van der Waals surface area contributed by atoms with Gasteiger partial charge in [0.15, 0.2) is 0 Å². The maximum atomic E-state index is 14.3. The molecule has 0 saturated carbocycles. The molecule has 1 aliphatic rings. The lowest BCUT2D eigenvalue weighted by Gasteiger charge is -2.28. The number of nitriles is 1. The van der Waals surface area contributed by atoms with Gasteiger partial charge in [0.25, 0.3) is 0 Å². The maximum absolute atomic E-state index is 14.3. The predicted octanol–water partition coefficient (Wildman–Crippen LogP) is 7.02. The van der Waals surface area contributed by atoms with Crippen LogP contribution < -0.4 is 5.73 Å². The molecule has 6 nitrogen and oxygen atoms in total. The van der Waals surface area contributed by atoms with Crippen molar-refractivity contribution in [3.8, 4) is 28.6 Å². The van der Waals surface area contributed by atoms with Gasteiger partial charge in [0.2, 0.25) is 0 Å². The molecule has 1 aliphatic carbocycles. The summed E-state index contributed by atoms with van der Waals surface area (Å²) in [6, 6.07) is 14.9. The minimum absolute atomic E-state index is 0.115. The first-order valence-electron chi connectivity index (χ1n) is 12.6. The molecule has 2 unspecified atom stereocenters. The van der Waals surface area contributed by atoms with Crippen LogP contribution in [-0.4, -0.2) is 20.2 Å². The molecule has 4 aromatic rings. The zero-order valence-electron chi connectivity index (χ0n) is 21.9. The molecule has 0 spiro atoms. The fraction of sp³-hybridized carbons (Fsp3) is 0.300. The first-order chi connectivity index (χ1) is 18.2. The molecule has 0 bridgehead atoms. The smallest absolute Gasteiger partial charge is 0.141 e. The second-order valence-electron chi connectivity index (χ2n) is 10.1. The van der Waals surface area contributed by atoms with E-state index in [9.17, 15) is 14.0 Å². The Kier molecular flexibility index (Phi) is 8.06. The number of pyridine rings is 2. The van der Waals surface area contributed by atoms with Gasteiger partial charge in [-0.1, -0.05) is 39.8 Å². The summed E-state index contributed by atoms with van der Waals surface area (Å²) in [5.74, 6) is -0.279. The number of halogens is 2. The van der Waals surface area contributed by atoms with Crippen molar-refractivity contribution in [3.05, 3.63) is 88.9 Å². The normalized spacial score (nSPS) is 16.3. The molecule has 1 aromatic carbocycles. The van der Waals surface area contributed by atoms with Gasteiger partial charge in [-0.15, -0.1) is 5.10 Å². The van der Waals surface area contributed by atoms with Crippen LogP contribution in [0.1, 0.15) is 74.9 Å². The largest absolute Gasteiger partial charge is 0.383 e. The van der Waals surface area contributed by atoms with Gasteiger partial charge in [0.1, 0.15) is 23.5 Å². The highest BCUT2D eigenvalue weighted by Crippen LogP contribution is 2.42. The Morgan fingerprint density at radius 3 is 2.34 bits per heavy atom. The van der Waals surface area contributed by atoms with Crippen molar-refractivity contribution in [2.24, 2.45) is 5.92 Å². The fourth-order valence-electron chi connectivity index (χ4n) is 4.45. The van der Waals surface area contributed by atoms with E-state index in [4.69, 9.17) is 10.7 Å². The molecule has 5 rings (SSSR count). The maximum Gasteiger partial charge on any atom is 0.141 e. The third-order valence-electron chi connectivity index (χ3n) is 6.28. The standard InChI is InChI=1S/C26H20F2N6.C4H10/c1-14-8-9-17(22-7-3-6-21(32-22)16-10-15(12-29)26(30)31-13-16)25-18(14)11-23(33-34-25)24-19(27)4-2-5-20(24)28;1-4(2)3/h2-7,10-11,13-14,17H,8-9H2,1H3,(H2,30,31);4H,1-3H3. The van der Waals surface area contributed by atoms with Gasteiger partial charge < -0.3 is 5.73 Å². The summed E-state index contributed by atoms with van der Waals surface area (Å²) in [5.41, 5.74) is 9.89. The molecule has 8 heteroatoms. The molecular weight excluding hydrogens is 482 g/mol. The number of anilines is 1. The Labute approximate surface area is 221 Å². The molecule has 194 valence electrons. The zero-order valence-corrected chi connectivity index (χ0v) is 21.9. The van der Waals surface area contributed by atoms with Crippen molar-refractivity contribution in [3.63, 3.8) is 0 Å². The quantitative estimate of drug-likeness (QED) is 0.316. The Morgan fingerprint density at radius 2 is 1.66 bits per heavy atom. The van der Waals surface area contributed by atoms with Crippen molar-refractivity contribution in [1.82, 2.24) is 20.2 Å². The number of benzene rings is 1. The Morgan fingerprint density at radius 1 is 0.974 bits per heavy atom. The summed E-state index contributed by atoms with van der Waals surface area (Å²) in [6.45, 7) is 8.57. The van der Waals surface area contributed by atoms with Crippen LogP contribution in [0.3, 0.4) is 0 Å². The second-order valence-corrected chi connectivity index (χ2v) is 10.1. The van der Waals surface area contributed by atoms with E-state index in [1.54, 1.807) is 18.3 Å². The van der Waals surface area contributed by atoms with E-state index >= 15 is 0 Å². The van der Waals surface area contributed by atoms with Crippen LogP contribution in [-0.2, 0) is 0 Å². The number of aromatic nitrogens is 4. The van der Waals surface area contributed by atoms with Crippen LogP contribution >= 0.6 is 0 Å².